The fraction of sp³-hybridized carbons (Fsp3) is 0.0625. The predicted molar refractivity (Wildman–Crippen MR) is 148 cm³/mol. The number of pyridine rings is 1. The van der Waals surface area contributed by atoms with E-state index in [1.54, 1.807) is 18.2 Å². The van der Waals surface area contributed by atoms with Crippen LogP contribution in [0.2, 0.25) is 0 Å². The molecule has 0 atom stereocenters. The molecule has 5 nitrogen and oxygen atoms in total. The van der Waals surface area contributed by atoms with E-state index in [1.807, 2.05) is 30.3 Å². The second kappa shape index (κ2) is 10.0. The number of ketones is 1. The van der Waals surface area contributed by atoms with Gasteiger partial charge >= 0.3 is 0 Å². The van der Waals surface area contributed by atoms with Gasteiger partial charge in [0.15, 0.2) is 15.6 Å². The molecule has 7 rings (SSSR count). The molecule has 1 aliphatic carbocycles. The van der Waals surface area contributed by atoms with Gasteiger partial charge in [-0.05, 0) is 64.4 Å². The molecule has 4 aromatic carbocycles. The number of sulfone groups is 1. The number of hydrogen-bond donors (Lipinski definition) is 1. The third kappa shape index (κ3) is 4.43. The molecule has 5 aromatic rings. The van der Waals surface area contributed by atoms with Crippen molar-refractivity contribution in [2.45, 2.75) is 23.6 Å². The molecule has 7 heteroatoms. The van der Waals surface area contributed by atoms with Crippen LogP contribution >= 0.6 is 0 Å². The minimum atomic E-state index is -3.49. The van der Waals surface area contributed by atoms with Crippen LogP contribution in [0, 0.1) is 6.07 Å². The molecule has 1 aliphatic heterocycles. The fourth-order valence-electron chi connectivity index (χ4n) is 5.21. The van der Waals surface area contributed by atoms with Crippen LogP contribution in [0.1, 0.15) is 13.8 Å². The monoisotopic (exact) mass is 709 g/mol. The Kier molecular flexibility index (Phi) is 6.85. The molecule has 0 unspecified atom stereocenters. The van der Waals surface area contributed by atoms with Crippen LogP contribution in [0.15, 0.2) is 107 Å². The van der Waals surface area contributed by atoms with Crippen molar-refractivity contribution < 1.29 is 38.4 Å². The summed E-state index contributed by atoms with van der Waals surface area (Å²) < 4.78 is 25.8. The topological polar surface area (TPSA) is 84.3 Å². The van der Waals surface area contributed by atoms with Crippen molar-refractivity contribution in [1.29, 1.82) is 0 Å². The van der Waals surface area contributed by atoms with Gasteiger partial charge in [-0.1, -0.05) is 66.2 Å². The van der Waals surface area contributed by atoms with E-state index < -0.39 is 9.84 Å². The maximum Gasteiger partial charge on any atom is 0.173 e. The standard InChI is InChI=1S/C27H14NO2S.C5H8O2.Ir/c29-31(30)25-11-4-3-8-19(25)21-14-16(12-13-26(21)31)24-15-22-18-7-2-1-6-17(18)20-9-5-10-23(28-24)27(20)22;1-4(6)3-5(2)7;/h1-11,13-15H;3,6H,1-2H3;/q-1;;. The number of nitrogens with zero attached hydrogens (tertiary/aromatic N) is 1. The number of allylic oxidation sites excluding steroid dienone is 2. The van der Waals surface area contributed by atoms with Gasteiger partial charge < -0.3 is 5.11 Å². The van der Waals surface area contributed by atoms with E-state index in [4.69, 9.17) is 10.1 Å². The van der Waals surface area contributed by atoms with E-state index in [9.17, 15) is 13.2 Å². The van der Waals surface area contributed by atoms with Gasteiger partial charge in [0.2, 0.25) is 0 Å². The van der Waals surface area contributed by atoms with Gasteiger partial charge in [-0.2, -0.15) is 0 Å². The van der Waals surface area contributed by atoms with Gasteiger partial charge in [-0.25, -0.2) is 8.42 Å². The summed E-state index contributed by atoms with van der Waals surface area (Å²) in [6, 6.07) is 30.6. The van der Waals surface area contributed by atoms with E-state index in [0.717, 1.165) is 33.5 Å². The van der Waals surface area contributed by atoms with Crippen LogP contribution < -0.4 is 0 Å². The number of hydrogen-bond acceptors (Lipinski definition) is 5. The van der Waals surface area contributed by atoms with Crippen molar-refractivity contribution >= 4 is 26.5 Å². The number of aromatic nitrogens is 1. The number of rotatable bonds is 2. The normalized spacial score (nSPS) is 13.4. The Morgan fingerprint density at radius 3 is 2.10 bits per heavy atom. The number of fused-ring (bicyclic) bond motifs is 6. The van der Waals surface area contributed by atoms with Crippen molar-refractivity contribution in [3.8, 4) is 44.6 Å². The minimum absolute atomic E-state index is 0. The molecular formula is C32H22IrNO4S-. The Morgan fingerprint density at radius 1 is 0.795 bits per heavy atom. The van der Waals surface area contributed by atoms with Gasteiger partial charge in [0, 0.05) is 31.6 Å². The number of carbonyl (C=O) groups is 1. The SMILES string of the molecule is CC(=O)C=C(C)O.O=S1(=O)c2c[c-]c(-c3cc4c5c(cccc5n3)-c3ccccc3-4)cc2-c2ccccc21.[Ir]. The quantitative estimate of drug-likeness (QED) is 0.117. The molecule has 1 aromatic heterocycles. The first-order valence-electron chi connectivity index (χ1n) is 12.1. The summed E-state index contributed by atoms with van der Waals surface area (Å²) in [4.78, 5) is 15.6. The maximum atomic E-state index is 12.9. The number of aliphatic hydroxyl groups excluding tert-OH is 1. The predicted octanol–water partition coefficient (Wildman–Crippen LogP) is 7.20. The van der Waals surface area contributed by atoms with Gasteiger partial charge in [-0.3, -0.25) is 9.78 Å². The average molecular weight is 709 g/mol. The van der Waals surface area contributed by atoms with Gasteiger partial charge in [0.25, 0.3) is 0 Å². The number of aliphatic hydroxyl groups is 1. The zero-order chi connectivity index (χ0) is 26.6. The Balaban J connectivity index is 0.000000345. The molecule has 39 heavy (non-hydrogen) atoms. The zero-order valence-corrected chi connectivity index (χ0v) is 24.2. The molecule has 1 radical (unpaired) electrons. The Labute approximate surface area is 240 Å². The molecule has 2 aliphatic rings. The molecule has 0 bridgehead atoms. The van der Waals surface area contributed by atoms with Crippen LogP contribution in [0.5, 0.6) is 0 Å². The molecule has 0 spiro atoms. The van der Waals surface area contributed by atoms with E-state index >= 15 is 0 Å². The summed E-state index contributed by atoms with van der Waals surface area (Å²) in [6.45, 7) is 2.85. The van der Waals surface area contributed by atoms with Crippen LogP contribution in [0.25, 0.3) is 55.5 Å². The Morgan fingerprint density at radius 2 is 1.44 bits per heavy atom. The number of carbonyl (C=O) groups excluding carboxylic acids is 1. The van der Waals surface area contributed by atoms with E-state index in [-0.39, 0.29) is 31.6 Å². The van der Waals surface area contributed by atoms with E-state index in [1.165, 1.54) is 42.0 Å². The molecule has 0 saturated carbocycles. The van der Waals surface area contributed by atoms with Gasteiger partial charge in [0.1, 0.15) is 0 Å². The molecule has 1 N–H and O–H groups in total. The van der Waals surface area contributed by atoms with E-state index in [0.29, 0.717) is 9.79 Å². The third-order valence-corrected chi connectivity index (χ3v) is 8.55. The summed E-state index contributed by atoms with van der Waals surface area (Å²) in [5.41, 5.74) is 8.77. The summed E-state index contributed by atoms with van der Waals surface area (Å²) in [5, 5.41) is 9.53. The second-order valence-corrected chi connectivity index (χ2v) is 11.2. The fourth-order valence-corrected chi connectivity index (χ4v) is 6.84. The molecule has 195 valence electrons. The molecule has 2 heterocycles. The largest absolute Gasteiger partial charge is 0.512 e. The Bertz CT molecular complexity index is 1940. The smallest absolute Gasteiger partial charge is 0.173 e. The van der Waals surface area contributed by atoms with Crippen molar-refractivity contribution in [3.05, 3.63) is 103 Å². The molecule has 0 amide bonds. The maximum absolute atomic E-state index is 12.9. The third-order valence-electron chi connectivity index (χ3n) is 6.70. The van der Waals surface area contributed by atoms with Crippen molar-refractivity contribution in [3.63, 3.8) is 0 Å². The second-order valence-electron chi connectivity index (χ2n) is 9.32. The van der Waals surface area contributed by atoms with Crippen LogP contribution in [-0.2, 0) is 34.7 Å². The molecular weight excluding hydrogens is 687 g/mol. The summed E-state index contributed by atoms with van der Waals surface area (Å²) in [7, 11) is -3.49. The van der Waals surface area contributed by atoms with Crippen LogP contribution in [-0.4, -0.2) is 24.3 Å². The van der Waals surface area contributed by atoms with Crippen LogP contribution in [0.3, 0.4) is 0 Å². The summed E-state index contributed by atoms with van der Waals surface area (Å²) >= 11 is 0. The zero-order valence-electron chi connectivity index (χ0n) is 21.0. The Hall–Kier alpha value is -3.90. The van der Waals surface area contributed by atoms with Crippen molar-refractivity contribution in [2.75, 3.05) is 0 Å². The van der Waals surface area contributed by atoms with Gasteiger partial charge in [0.05, 0.1) is 16.2 Å². The first-order valence-corrected chi connectivity index (χ1v) is 13.6. The minimum Gasteiger partial charge on any atom is -0.512 e. The first kappa shape index (κ1) is 26.7. The first-order chi connectivity index (χ1) is 18.3. The molecule has 0 fully saturated rings. The summed E-state index contributed by atoms with van der Waals surface area (Å²) in [6.07, 6.45) is 1.17. The van der Waals surface area contributed by atoms with Crippen molar-refractivity contribution in [1.82, 2.24) is 4.98 Å². The van der Waals surface area contributed by atoms with Crippen molar-refractivity contribution in [2.24, 2.45) is 0 Å². The molecule has 0 saturated heterocycles. The average Bonchev–Trinajstić information content (AvgIpc) is 3.34. The van der Waals surface area contributed by atoms with E-state index in [2.05, 4.69) is 42.5 Å². The van der Waals surface area contributed by atoms with Gasteiger partial charge in [-0.15, -0.1) is 23.8 Å². The van der Waals surface area contributed by atoms with Crippen LogP contribution in [0.4, 0.5) is 0 Å². The number of benzene rings is 4. The summed E-state index contributed by atoms with van der Waals surface area (Å²) in [5.74, 6) is -0.0625.